The Kier molecular flexibility index (Phi) is 8.08. The van der Waals surface area contributed by atoms with Crippen LogP contribution in [0.5, 0.6) is 0 Å². The fraction of sp³-hybridized carbons (Fsp3) is 1.00. The van der Waals surface area contributed by atoms with Gasteiger partial charge in [-0.2, -0.15) is 0 Å². The van der Waals surface area contributed by atoms with Crippen LogP contribution >= 0.6 is 0 Å². The monoisotopic (exact) mass is 285 g/mol. The van der Waals surface area contributed by atoms with Crippen LogP contribution in [0.1, 0.15) is 60.3 Å². The minimum absolute atomic E-state index is 0.340. The molecule has 1 saturated carbocycles. The number of ether oxygens (including phenoxy) is 2. The van der Waals surface area contributed by atoms with Crippen molar-refractivity contribution in [3.63, 3.8) is 0 Å². The second kappa shape index (κ2) is 9.01. The number of hydrogen-bond donors (Lipinski definition) is 1. The first kappa shape index (κ1) is 17.9. The van der Waals surface area contributed by atoms with E-state index in [1.165, 1.54) is 19.3 Å². The normalized spacial score (nSPS) is 24.9. The average Bonchev–Trinajstić information content (AvgIpc) is 2.41. The number of rotatable bonds is 11. The van der Waals surface area contributed by atoms with Crippen LogP contribution in [0.15, 0.2) is 0 Å². The van der Waals surface area contributed by atoms with E-state index < -0.39 is 0 Å². The fourth-order valence-corrected chi connectivity index (χ4v) is 3.35. The van der Waals surface area contributed by atoms with Crippen molar-refractivity contribution in [3.05, 3.63) is 0 Å². The van der Waals surface area contributed by atoms with E-state index in [9.17, 15) is 0 Å². The van der Waals surface area contributed by atoms with E-state index in [-0.39, 0.29) is 0 Å². The Hall–Kier alpha value is -0.120. The molecule has 2 atom stereocenters. The number of hydrogen-bond acceptors (Lipinski definition) is 3. The van der Waals surface area contributed by atoms with E-state index in [2.05, 4.69) is 39.9 Å². The summed E-state index contributed by atoms with van der Waals surface area (Å²) >= 11 is 0. The Morgan fingerprint density at radius 3 is 2.40 bits per heavy atom. The summed E-state index contributed by atoms with van der Waals surface area (Å²) in [6.45, 7) is 14.6. The molecule has 120 valence electrons. The summed E-state index contributed by atoms with van der Waals surface area (Å²) in [7, 11) is 0. The molecule has 2 unspecified atom stereocenters. The zero-order valence-corrected chi connectivity index (χ0v) is 14.2. The lowest BCUT2D eigenvalue weighted by molar-refractivity contribution is -0.148. The minimum atomic E-state index is 0.340. The molecule has 1 aliphatic rings. The molecule has 0 aromatic heterocycles. The van der Waals surface area contributed by atoms with E-state index in [4.69, 9.17) is 9.47 Å². The first-order valence-corrected chi connectivity index (χ1v) is 8.53. The van der Waals surface area contributed by atoms with E-state index in [0.29, 0.717) is 23.5 Å². The van der Waals surface area contributed by atoms with Gasteiger partial charge in [0.15, 0.2) is 0 Å². The second-order valence-electron chi connectivity index (χ2n) is 6.51. The molecule has 20 heavy (non-hydrogen) atoms. The highest BCUT2D eigenvalue weighted by Gasteiger charge is 2.52. The molecule has 0 heterocycles. The van der Waals surface area contributed by atoms with E-state index in [1.807, 2.05) is 0 Å². The van der Waals surface area contributed by atoms with Gasteiger partial charge in [-0.05, 0) is 38.1 Å². The van der Waals surface area contributed by atoms with Gasteiger partial charge in [0.2, 0.25) is 0 Å². The van der Waals surface area contributed by atoms with Crippen molar-refractivity contribution in [1.82, 2.24) is 5.32 Å². The predicted octanol–water partition coefficient (Wildman–Crippen LogP) is 3.62. The highest BCUT2D eigenvalue weighted by atomic mass is 16.5. The summed E-state index contributed by atoms with van der Waals surface area (Å²) in [5.74, 6) is 0.603. The van der Waals surface area contributed by atoms with Crippen LogP contribution in [0.4, 0.5) is 0 Å². The number of nitrogens with one attached hydrogen (secondary N) is 1. The summed E-state index contributed by atoms with van der Waals surface area (Å²) in [6.07, 6.45) is 5.17. The third-order valence-electron chi connectivity index (χ3n) is 4.74. The highest BCUT2D eigenvalue weighted by Crippen LogP contribution is 2.48. The van der Waals surface area contributed by atoms with Crippen LogP contribution in [0.25, 0.3) is 0 Å². The van der Waals surface area contributed by atoms with Crippen molar-refractivity contribution in [2.75, 3.05) is 26.4 Å². The Labute approximate surface area is 125 Å². The maximum Gasteiger partial charge on any atom is 0.0704 e. The van der Waals surface area contributed by atoms with Crippen molar-refractivity contribution < 1.29 is 9.47 Å². The van der Waals surface area contributed by atoms with Gasteiger partial charge in [-0.1, -0.05) is 34.6 Å². The smallest absolute Gasteiger partial charge is 0.0704 e. The largest absolute Gasteiger partial charge is 0.379 e. The Morgan fingerprint density at radius 2 is 1.85 bits per heavy atom. The molecule has 0 aromatic carbocycles. The van der Waals surface area contributed by atoms with E-state index in [0.717, 1.165) is 32.8 Å². The lowest BCUT2D eigenvalue weighted by Gasteiger charge is -2.55. The lowest BCUT2D eigenvalue weighted by atomic mass is 9.58. The quantitative estimate of drug-likeness (QED) is 0.588. The standard InChI is InChI=1S/C17H35NO2/c1-6-9-18-15-12-16(17(15,7-2)8-3)20-11-10-19-13-14(4)5/h14-16,18H,6-13H2,1-5H3. The third-order valence-corrected chi connectivity index (χ3v) is 4.74. The summed E-state index contributed by atoms with van der Waals surface area (Å²) in [4.78, 5) is 0. The van der Waals surface area contributed by atoms with E-state index >= 15 is 0 Å². The van der Waals surface area contributed by atoms with Gasteiger partial charge in [0.25, 0.3) is 0 Å². The van der Waals surface area contributed by atoms with Gasteiger partial charge in [0.05, 0.1) is 19.3 Å². The third kappa shape index (κ3) is 4.44. The Balaban J connectivity index is 2.31. The molecule has 1 N–H and O–H groups in total. The van der Waals surface area contributed by atoms with Gasteiger partial charge in [0.1, 0.15) is 0 Å². The molecule has 3 heteroatoms. The van der Waals surface area contributed by atoms with Gasteiger partial charge >= 0.3 is 0 Å². The zero-order valence-electron chi connectivity index (χ0n) is 14.2. The highest BCUT2D eigenvalue weighted by molar-refractivity contribution is 5.06. The zero-order chi connectivity index (χ0) is 15.0. The van der Waals surface area contributed by atoms with Crippen LogP contribution in [-0.2, 0) is 9.47 Å². The maximum atomic E-state index is 6.10. The van der Waals surface area contributed by atoms with Crippen molar-refractivity contribution >= 4 is 0 Å². The minimum Gasteiger partial charge on any atom is -0.379 e. The van der Waals surface area contributed by atoms with Crippen molar-refractivity contribution in [3.8, 4) is 0 Å². The molecule has 1 rings (SSSR count). The van der Waals surface area contributed by atoms with Crippen LogP contribution in [0.3, 0.4) is 0 Å². The summed E-state index contributed by atoms with van der Waals surface area (Å²) < 4.78 is 11.7. The summed E-state index contributed by atoms with van der Waals surface area (Å²) in [6, 6.07) is 0.638. The van der Waals surface area contributed by atoms with Gasteiger partial charge < -0.3 is 14.8 Å². The Bertz CT molecular complexity index is 251. The molecule has 0 aromatic rings. The topological polar surface area (TPSA) is 30.5 Å². The molecule has 0 bridgehead atoms. The molecule has 0 amide bonds. The van der Waals surface area contributed by atoms with Gasteiger partial charge in [-0.15, -0.1) is 0 Å². The van der Waals surface area contributed by atoms with Crippen molar-refractivity contribution in [1.29, 1.82) is 0 Å². The molecule has 0 saturated heterocycles. The van der Waals surface area contributed by atoms with E-state index in [1.54, 1.807) is 0 Å². The van der Waals surface area contributed by atoms with Crippen molar-refractivity contribution in [2.24, 2.45) is 11.3 Å². The van der Waals surface area contributed by atoms with Crippen LogP contribution in [0, 0.1) is 11.3 Å². The molecule has 0 spiro atoms. The van der Waals surface area contributed by atoms with Crippen LogP contribution in [-0.4, -0.2) is 38.5 Å². The SMILES string of the molecule is CCCNC1CC(OCCOCC(C)C)C1(CC)CC. The average molecular weight is 285 g/mol. The predicted molar refractivity (Wildman–Crippen MR) is 85.1 cm³/mol. The fourth-order valence-electron chi connectivity index (χ4n) is 3.35. The first-order chi connectivity index (χ1) is 9.60. The summed E-state index contributed by atoms with van der Waals surface area (Å²) in [5, 5.41) is 3.70. The molecular weight excluding hydrogens is 250 g/mol. The molecule has 0 aliphatic heterocycles. The molecule has 1 aliphatic carbocycles. The molecule has 0 radical (unpaired) electrons. The molecule has 1 fully saturated rings. The summed E-state index contributed by atoms with van der Waals surface area (Å²) in [5.41, 5.74) is 0.340. The second-order valence-corrected chi connectivity index (χ2v) is 6.51. The maximum absolute atomic E-state index is 6.10. The molecular formula is C17H35NO2. The molecule has 3 nitrogen and oxygen atoms in total. The van der Waals surface area contributed by atoms with Gasteiger partial charge in [0, 0.05) is 18.1 Å². The first-order valence-electron chi connectivity index (χ1n) is 8.53. The Morgan fingerprint density at radius 1 is 1.15 bits per heavy atom. The van der Waals surface area contributed by atoms with Crippen molar-refractivity contribution in [2.45, 2.75) is 72.4 Å². The van der Waals surface area contributed by atoms with Crippen LogP contribution < -0.4 is 5.32 Å². The van der Waals surface area contributed by atoms with Gasteiger partial charge in [-0.25, -0.2) is 0 Å². The van der Waals surface area contributed by atoms with Gasteiger partial charge in [-0.3, -0.25) is 0 Å². The lowest BCUT2D eigenvalue weighted by Crippen LogP contribution is -2.63. The van der Waals surface area contributed by atoms with Crippen LogP contribution in [0.2, 0.25) is 0 Å².